The number of imide groups is 1. The van der Waals surface area contributed by atoms with E-state index in [0.717, 1.165) is 17.8 Å². The summed E-state index contributed by atoms with van der Waals surface area (Å²) in [5.74, 6) is -0.00821. The van der Waals surface area contributed by atoms with E-state index in [-0.39, 0.29) is 11.8 Å². The van der Waals surface area contributed by atoms with Crippen molar-refractivity contribution in [2.24, 2.45) is 0 Å². The van der Waals surface area contributed by atoms with Gasteiger partial charge in [0.2, 0.25) is 0 Å². The van der Waals surface area contributed by atoms with Crippen LogP contribution in [-0.2, 0) is 17.6 Å². The molecule has 0 bridgehead atoms. The van der Waals surface area contributed by atoms with Gasteiger partial charge in [0.25, 0.3) is 11.8 Å². The lowest BCUT2D eigenvalue weighted by Crippen LogP contribution is -2.38. The van der Waals surface area contributed by atoms with Gasteiger partial charge in [0, 0.05) is 30.7 Å². The highest BCUT2D eigenvalue weighted by molar-refractivity contribution is 6.21. The van der Waals surface area contributed by atoms with Crippen molar-refractivity contribution in [2.45, 2.75) is 52.1 Å². The first-order chi connectivity index (χ1) is 17.7. The summed E-state index contributed by atoms with van der Waals surface area (Å²) >= 11 is 0. The Morgan fingerprint density at radius 2 is 1.51 bits per heavy atom. The van der Waals surface area contributed by atoms with Gasteiger partial charge in [0.1, 0.15) is 11.4 Å². The van der Waals surface area contributed by atoms with Gasteiger partial charge in [-0.25, -0.2) is 9.78 Å². The van der Waals surface area contributed by atoms with Gasteiger partial charge >= 0.3 is 6.09 Å². The summed E-state index contributed by atoms with van der Waals surface area (Å²) in [6, 6.07) is 18.2. The lowest BCUT2D eigenvalue weighted by atomic mass is 10.1. The number of hydrogen-bond acceptors (Lipinski definition) is 6. The molecule has 0 saturated heterocycles. The fourth-order valence-corrected chi connectivity index (χ4v) is 4.20. The van der Waals surface area contributed by atoms with E-state index in [0.29, 0.717) is 49.3 Å². The fourth-order valence-electron chi connectivity index (χ4n) is 4.20. The first-order valence-corrected chi connectivity index (χ1v) is 12.5. The summed E-state index contributed by atoms with van der Waals surface area (Å²) in [6.45, 7) is 6.23. The van der Waals surface area contributed by atoms with Crippen LogP contribution in [0.4, 0.5) is 10.6 Å². The van der Waals surface area contributed by atoms with Crippen molar-refractivity contribution in [2.75, 3.05) is 18.0 Å². The van der Waals surface area contributed by atoms with Crippen LogP contribution < -0.4 is 4.90 Å². The molecule has 0 atom stereocenters. The van der Waals surface area contributed by atoms with E-state index in [1.807, 2.05) is 51.1 Å². The molecule has 1 aromatic carbocycles. The quantitative estimate of drug-likeness (QED) is 0.381. The number of fused-ring (bicyclic) bond motifs is 1. The lowest BCUT2D eigenvalue weighted by molar-refractivity contribution is 0.0576. The molecule has 8 heteroatoms. The summed E-state index contributed by atoms with van der Waals surface area (Å²) in [5.41, 5.74) is 1.99. The SMILES string of the molecule is CC(C)(C)OC(=O)N(CCCc1ccccn1)c1cccc(CCCN2C(=O)c3ccccc3C2=O)n1. The first kappa shape index (κ1) is 26.0. The molecule has 0 aliphatic carbocycles. The Morgan fingerprint density at radius 1 is 0.865 bits per heavy atom. The number of nitrogens with zero attached hydrogens (tertiary/aromatic N) is 4. The van der Waals surface area contributed by atoms with Gasteiger partial charge in [0.15, 0.2) is 0 Å². The normalized spacial score (nSPS) is 13.0. The summed E-state index contributed by atoms with van der Waals surface area (Å²) in [4.78, 5) is 50.2. The molecule has 1 aliphatic heterocycles. The topological polar surface area (TPSA) is 92.7 Å². The number of aromatic nitrogens is 2. The zero-order chi connectivity index (χ0) is 26.4. The Hall–Kier alpha value is -4.07. The Labute approximate surface area is 217 Å². The smallest absolute Gasteiger partial charge is 0.416 e. The van der Waals surface area contributed by atoms with Crippen molar-refractivity contribution in [1.29, 1.82) is 0 Å². The summed E-state index contributed by atoms with van der Waals surface area (Å²) in [5, 5.41) is 0. The fraction of sp³-hybridized carbons (Fsp3) is 0.345. The second-order valence-electron chi connectivity index (χ2n) is 9.95. The van der Waals surface area contributed by atoms with Crippen LogP contribution >= 0.6 is 0 Å². The molecule has 8 nitrogen and oxygen atoms in total. The third-order valence-corrected chi connectivity index (χ3v) is 5.92. The highest BCUT2D eigenvalue weighted by Gasteiger charge is 2.34. The Morgan fingerprint density at radius 3 is 2.16 bits per heavy atom. The van der Waals surface area contributed by atoms with Crippen LogP contribution in [0.1, 0.15) is 65.7 Å². The summed E-state index contributed by atoms with van der Waals surface area (Å²) in [6.07, 6.45) is 3.84. The maximum Gasteiger partial charge on any atom is 0.416 e. The van der Waals surface area contributed by atoms with Gasteiger partial charge in [-0.1, -0.05) is 24.3 Å². The van der Waals surface area contributed by atoms with Crippen molar-refractivity contribution in [3.63, 3.8) is 0 Å². The second-order valence-corrected chi connectivity index (χ2v) is 9.95. The zero-order valence-corrected chi connectivity index (χ0v) is 21.5. The van der Waals surface area contributed by atoms with Gasteiger partial charge in [-0.2, -0.15) is 0 Å². The van der Waals surface area contributed by atoms with E-state index < -0.39 is 11.7 Å². The average Bonchev–Trinajstić information content (AvgIpc) is 3.11. The molecule has 3 amide bonds. The predicted molar refractivity (Wildman–Crippen MR) is 141 cm³/mol. The number of amides is 3. The molecule has 0 unspecified atom stereocenters. The number of benzene rings is 1. The molecule has 0 N–H and O–H groups in total. The highest BCUT2D eigenvalue weighted by Crippen LogP contribution is 2.23. The van der Waals surface area contributed by atoms with Crippen molar-refractivity contribution < 1.29 is 19.1 Å². The van der Waals surface area contributed by atoms with E-state index in [1.165, 1.54) is 4.90 Å². The standard InChI is InChI=1S/C29H32N4O4/c1-29(2,3)37-28(36)32(19-9-13-21-11-6-7-18-30-21)25-17-8-12-22(31-25)14-10-20-33-26(34)23-15-4-5-16-24(23)27(33)35/h4-8,11-12,15-18H,9-10,13-14,19-20H2,1-3H3. The number of aryl methyl sites for hydroxylation is 2. The van der Waals surface area contributed by atoms with Crippen LogP contribution in [0.25, 0.3) is 0 Å². The minimum absolute atomic E-state index is 0.258. The zero-order valence-electron chi connectivity index (χ0n) is 21.5. The third-order valence-electron chi connectivity index (χ3n) is 5.92. The molecule has 37 heavy (non-hydrogen) atoms. The predicted octanol–water partition coefficient (Wildman–Crippen LogP) is 5.08. The van der Waals surface area contributed by atoms with E-state index >= 15 is 0 Å². The second kappa shape index (κ2) is 11.3. The lowest BCUT2D eigenvalue weighted by Gasteiger charge is -2.27. The minimum atomic E-state index is -0.639. The van der Waals surface area contributed by atoms with Gasteiger partial charge in [-0.15, -0.1) is 0 Å². The van der Waals surface area contributed by atoms with E-state index in [9.17, 15) is 14.4 Å². The molecule has 0 fully saturated rings. The first-order valence-electron chi connectivity index (χ1n) is 12.5. The largest absolute Gasteiger partial charge is 0.443 e. The van der Waals surface area contributed by atoms with Crippen LogP contribution in [0.2, 0.25) is 0 Å². The van der Waals surface area contributed by atoms with Crippen LogP contribution in [0, 0.1) is 0 Å². The molecule has 4 rings (SSSR count). The third kappa shape index (κ3) is 6.58. The number of hydrogen-bond donors (Lipinski definition) is 0. The number of anilines is 1. The minimum Gasteiger partial charge on any atom is -0.443 e. The maximum absolute atomic E-state index is 13.0. The van der Waals surface area contributed by atoms with Gasteiger partial charge < -0.3 is 4.74 Å². The number of pyridine rings is 2. The van der Waals surface area contributed by atoms with Crippen molar-refractivity contribution in [3.8, 4) is 0 Å². The van der Waals surface area contributed by atoms with Crippen LogP contribution in [-0.4, -0.2) is 51.5 Å². The van der Waals surface area contributed by atoms with Crippen LogP contribution in [0.15, 0.2) is 66.9 Å². The van der Waals surface area contributed by atoms with Crippen molar-refractivity contribution in [3.05, 3.63) is 89.4 Å². The maximum atomic E-state index is 13.0. The van der Waals surface area contributed by atoms with E-state index in [2.05, 4.69) is 4.98 Å². The van der Waals surface area contributed by atoms with Crippen molar-refractivity contribution in [1.82, 2.24) is 14.9 Å². The van der Waals surface area contributed by atoms with Gasteiger partial charge in [0.05, 0.1) is 11.1 Å². The van der Waals surface area contributed by atoms with E-state index in [1.54, 1.807) is 41.4 Å². The molecule has 3 heterocycles. The molecular weight excluding hydrogens is 468 g/mol. The number of carbonyl (C=O) groups is 3. The molecule has 2 aromatic heterocycles. The summed E-state index contributed by atoms with van der Waals surface area (Å²) in [7, 11) is 0. The van der Waals surface area contributed by atoms with Crippen molar-refractivity contribution >= 4 is 23.7 Å². The van der Waals surface area contributed by atoms with Crippen LogP contribution in [0.3, 0.4) is 0 Å². The summed E-state index contributed by atoms with van der Waals surface area (Å²) < 4.78 is 5.65. The van der Waals surface area contributed by atoms with Gasteiger partial charge in [-0.3, -0.25) is 24.4 Å². The molecule has 0 spiro atoms. The number of rotatable bonds is 9. The number of ether oxygens (including phenoxy) is 1. The average molecular weight is 501 g/mol. The highest BCUT2D eigenvalue weighted by atomic mass is 16.6. The monoisotopic (exact) mass is 500 g/mol. The van der Waals surface area contributed by atoms with Gasteiger partial charge in [-0.05, 0) is 82.9 Å². The molecule has 0 saturated carbocycles. The Bertz CT molecular complexity index is 1240. The number of carbonyl (C=O) groups excluding carboxylic acids is 3. The molecule has 1 aliphatic rings. The molecular formula is C29H32N4O4. The molecule has 0 radical (unpaired) electrons. The molecule has 3 aromatic rings. The Balaban J connectivity index is 1.41. The van der Waals surface area contributed by atoms with Crippen LogP contribution in [0.5, 0.6) is 0 Å². The van der Waals surface area contributed by atoms with E-state index in [4.69, 9.17) is 9.72 Å². The molecule has 192 valence electrons. The Kier molecular flexibility index (Phi) is 7.96.